The molecule has 0 aromatic heterocycles. The van der Waals surface area contributed by atoms with Crippen molar-refractivity contribution in [3.05, 3.63) is 88.5 Å². The van der Waals surface area contributed by atoms with Gasteiger partial charge in [-0.2, -0.15) is 0 Å². The molecule has 1 aromatic carbocycles. The lowest BCUT2D eigenvalue weighted by Gasteiger charge is -2.35. The van der Waals surface area contributed by atoms with Crippen LogP contribution in [0.2, 0.25) is 5.02 Å². The molecule has 1 aliphatic carbocycles. The van der Waals surface area contributed by atoms with Crippen molar-refractivity contribution >= 4 is 23.1 Å². The van der Waals surface area contributed by atoms with Gasteiger partial charge < -0.3 is 14.4 Å². The van der Waals surface area contributed by atoms with E-state index in [1.807, 2.05) is 17.1 Å². The first-order chi connectivity index (χ1) is 15.1. The highest BCUT2D eigenvalue weighted by Gasteiger charge is 2.42. The molecule has 0 N–H and O–H groups in total. The van der Waals surface area contributed by atoms with Crippen LogP contribution < -0.4 is 0 Å². The van der Waals surface area contributed by atoms with Gasteiger partial charge in [0.25, 0.3) is 5.91 Å². The minimum absolute atomic E-state index is 0.0117. The number of fused-ring (bicyclic) bond motifs is 2. The number of nitrogens with zero attached hydrogens (tertiary/aromatic N) is 1. The molecule has 5 rings (SSSR count). The molecule has 4 aliphatic rings. The quantitative estimate of drug-likeness (QED) is 0.575. The SMILES string of the molecule is O=C(C1=COC=C(CC2=CC=CCC2)O1)N1C2C=C(c3ccc(Cl)cc3F)CC1CC2. The zero-order valence-corrected chi connectivity index (χ0v) is 17.8. The van der Waals surface area contributed by atoms with Gasteiger partial charge in [0.2, 0.25) is 5.76 Å². The van der Waals surface area contributed by atoms with E-state index in [-0.39, 0.29) is 29.6 Å². The van der Waals surface area contributed by atoms with E-state index in [1.54, 1.807) is 18.4 Å². The lowest BCUT2D eigenvalue weighted by molar-refractivity contribution is -0.132. The molecule has 1 fully saturated rings. The molecule has 0 radical (unpaired) electrons. The molecule has 31 heavy (non-hydrogen) atoms. The van der Waals surface area contributed by atoms with Crippen molar-refractivity contribution in [1.29, 1.82) is 0 Å². The fraction of sp³-hybridized carbons (Fsp3) is 0.320. The number of benzene rings is 1. The minimum Gasteiger partial charge on any atom is -0.465 e. The second-order valence-electron chi connectivity index (χ2n) is 8.30. The molecule has 160 valence electrons. The normalized spacial score (nSPS) is 24.5. The second-order valence-corrected chi connectivity index (χ2v) is 8.74. The third kappa shape index (κ3) is 4.07. The fourth-order valence-electron chi connectivity index (χ4n) is 4.78. The lowest BCUT2D eigenvalue weighted by Crippen LogP contribution is -2.44. The summed E-state index contributed by atoms with van der Waals surface area (Å²) in [6.45, 7) is 0. The Bertz CT molecular complexity index is 1070. The van der Waals surface area contributed by atoms with Crippen molar-refractivity contribution in [3.8, 4) is 0 Å². The number of halogens is 2. The van der Waals surface area contributed by atoms with Crippen LogP contribution in [-0.2, 0) is 14.3 Å². The van der Waals surface area contributed by atoms with Gasteiger partial charge in [-0.15, -0.1) is 0 Å². The summed E-state index contributed by atoms with van der Waals surface area (Å²) in [7, 11) is 0. The summed E-state index contributed by atoms with van der Waals surface area (Å²) in [4.78, 5) is 15.1. The highest BCUT2D eigenvalue weighted by molar-refractivity contribution is 6.30. The van der Waals surface area contributed by atoms with Gasteiger partial charge >= 0.3 is 0 Å². The van der Waals surface area contributed by atoms with E-state index >= 15 is 0 Å². The lowest BCUT2D eigenvalue weighted by atomic mass is 9.94. The number of hydrogen-bond donors (Lipinski definition) is 0. The molecule has 0 saturated carbocycles. The Kier molecular flexibility index (Phi) is 5.45. The maximum atomic E-state index is 14.4. The van der Waals surface area contributed by atoms with Crippen molar-refractivity contribution in [2.75, 3.05) is 0 Å². The Balaban J connectivity index is 1.30. The summed E-state index contributed by atoms with van der Waals surface area (Å²) in [5, 5.41) is 0.377. The molecule has 1 aromatic rings. The van der Waals surface area contributed by atoms with Crippen molar-refractivity contribution in [3.63, 3.8) is 0 Å². The monoisotopic (exact) mass is 439 g/mol. The van der Waals surface area contributed by atoms with Gasteiger partial charge in [-0.1, -0.05) is 47.5 Å². The third-order valence-electron chi connectivity index (χ3n) is 6.23. The zero-order chi connectivity index (χ0) is 21.4. The van der Waals surface area contributed by atoms with Crippen LogP contribution in [0.15, 0.2) is 72.1 Å². The topological polar surface area (TPSA) is 38.8 Å². The predicted octanol–water partition coefficient (Wildman–Crippen LogP) is 6.02. The van der Waals surface area contributed by atoms with Crippen molar-refractivity contribution < 1.29 is 18.7 Å². The number of carbonyl (C=O) groups is 1. The van der Waals surface area contributed by atoms with Crippen molar-refractivity contribution in [1.82, 2.24) is 4.90 Å². The highest BCUT2D eigenvalue weighted by Crippen LogP contribution is 2.40. The summed E-state index contributed by atoms with van der Waals surface area (Å²) in [6.07, 6.45) is 16.2. The summed E-state index contributed by atoms with van der Waals surface area (Å²) < 4.78 is 25.8. The Morgan fingerprint density at radius 2 is 2.16 bits per heavy atom. The molecule has 6 heteroatoms. The predicted molar refractivity (Wildman–Crippen MR) is 117 cm³/mol. The standard InChI is InChI=1S/C25H23ClFNO3/c26-18-6-9-22(23(27)13-18)17-11-19-7-8-20(12-17)28(19)25(29)24-15-30-14-21(31-24)10-16-4-2-1-3-5-16/h1-2,4,6,9,11,13-15,19-20H,3,5,7-8,10,12H2. The third-order valence-corrected chi connectivity index (χ3v) is 6.47. The number of carbonyl (C=O) groups excluding carboxylic acids is 1. The maximum absolute atomic E-state index is 14.4. The number of allylic oxidation sites excluding steroid dienone is 4. The molecule has 2 atom stereocenters. The van der Waals surface area contributed by atoms with Crippen LogP contribution >= 0.6 is 11.6 Å². The van der Waals surface area contributed by atoms with Gasteiger partial charge in [0.15, 0.2) is 0 Å². The Morgan fingerprint density at radius 3 is 2.94 bits per heavy atom. The van der Waals surface area contributed by atoms with Gasteiger partial charge in [-0.3, -0.25) is 4.79 Å². The smallest absolute Gasteiger partial charge is 0.293 e. The van der Waals surface area contributed by atoms with Crippen LogP contribution in [0, 0.1) is 5.82 Å². The number of amides is 1. The van der Waals surface area contributed by atoms with Crippen molar-refractivity contribution in [2.45, 2.75) is 50.6 Å². The molecule has 3 aliphatic heterocycles. The summed E-state index contributed by atoms with van der Waals surface area (Å²) in [5.41, 5.74) is 2.74. The minimum atomic E-state index is -0.328. The number of ether oxygens (including phenoxy) is 2. The largest absolute Gasteiger partial charge is 0.465 e. The van der Waals surface area contributed by atoms with E-state index < -0.39 is 0 Å². The molecule has 3 heterocycles. The Labute approximate surface area is 186 Å². The average molecular weight is 440 g/mol. The van der Waals surface area contributed by atoms with Crippen LogP contribution in [0.25, 0.3) is 5.57 Å². The molecular formula is C25H23ClFNO3. The van der Waals surface area contributed by atoms with Crippen LogP contribution in [0.1, 0.15) is 44.1 Å². The first-order valence-corrected chi connectivity index (χ1v) is 11.0. The average Bonchev–Trinajstić information content (AvgIpc) is 3.03. The molecule has 2 unspecified atom stereocenters. The number of rotatable bonds is 4. The van der Waals surface area contributed by atoms with Gasteiger partial charge in [0.1, 0.15) is 24.1 Å². The first-order valence-electron chi connectivity index (χ1n) is 10.6. The van der Waals surface area contributed by atoms with Gasteiger partial charge in [-0.25, -0.2) is 4.39 Å². The van der Waals surface area contributed by atoms with Gasteiger partial charge in [-0.05, 0) is 49.8 Å². The fourth-order valence-corrected chi connectivity index (χ4v) is 4.94. The van der Waals surface area contributed by atoms with E-state index in [0.717, 1.165) is 31.3 Å². The van der Waals surface area contributed by atoms with Gasteiger partial charge in [0, 0.05) is 23.0 Å². The van der Waals surface area contributed by atoms with E-state index in [4.69, 9.17) is 21.1 Å². The van der Waals surface area contributed by atoms with E-state index in [1.165, 1.54) is 17.9 Å². The van der Waals surface area contributed by atoms with E-state index in [9.17, 15) is 9.18 Å². The van der Waals surface area contributed by atoms with Crippen LogP contribution in [0.4, 0.5) is 4.39 Å². The molecular weight excluding hydrogens is 417 g/mol. The summed E-state index contributed by atoms with van der Waals surface area (Å²) in [6, 6.07) is 4.68. The number of hydrogen-bond acceptors (Lipinski definition) is 3. The van der Waals surface area contributed by atoms with Gasteiger partial charge in [0.05, 0.1) is 6.04 Å². The molecule has 4 nitrogen and oxygen atoms in total. The zero-order valence-electron chi connectivity index (χ0n) is 17.0. The van der Waals surface area contributed by atoms with E-state index in [0.29, 0.717) is 29.2 Å². The van der Waals surface area contributed by atoms with Crippen LogP contribution in [0.5, 0.6) is 0 Å². The van der Waals surface area contributed by atoms with Crippen LogP contribution in [-0.4, -0.2) is 22.9 Å². The molecule has 2 bridgehead atoms. The molecule has 0 spiro atoms. The summed E-state index contributed by atoms with van der Waals surface area (Å²) >= 11 is 5.89. The van der Waals surface area contributed by atoms with Crippen LogP contribution in [0.3, 0.4) is 0 Å². The first kappa shape index (κ1) is 20.1. The highest BCUT2D eigenvalue weighted by atomic mass is 35.5. The maximum Gasteiger partial charge on any atom is 0.293 e. The molecule has 1 saturated heterocycles. The molecule has 1 amide bonds. The van der Waals surface area contributed by atoms with E-state index in [2.05, 4.69) is 12.2 Å². The Morgan fingerprint density at radius 1 is 1.26 bits per heavy atom. The Hall–Kier alpha value is -2.79. The second kappa shape index (κ2) is 8.39. The summed E-state index contributed by atoms with van der Waals surface area (Å²) in [5.74, 6) is 0.334. The van der Waals surface area contributed by atoms with Crippen molar-refractivity contribution in [2.24, 2.45) is 0 Å².